The molecule has 2 aromatic heterocycles. The number of carbonyl (C=O) groups excluding carboxylic acids is 2. The van der Waals surface area contributed by atoms with Crippen molar-refractivity contribution in [3.63, 3.8) is 0 Å². The summed E-state index contributed by atoms with van der Waals surface area (Å²) in [6.45, 7) is 2.57. The third kappa shape index (κ3) is 5.11. The number of aryl methyl sites for hydroxylation is 1. The number of thiophene rings is 1. The first kappa shape index (κ1) is 23.4. The molecule has 7 nitrogen and oxygen atoms in total. The van der Waals surface area contributed by atoms with Gasteiger partial charge in [-0.05, 0) is 62.4 Å². The Balaban J connectivity index is 1.48. The number of thioether (sulfide) groups is 1. The largest absolute Gasteiger partial charge is 0.465 e. The summed E-state index contributed by atoms with van der Waals surface area (Å²) in [6.07, 6.45) is 4.99. The summed E-state index contributed by atoms with van der Waals surface area (Å²) in [5.41, 5.74) is 2.26. The second-order valence-electron chi connectivity index (χ2n) is 7.65. The van der Waals surface area contributed by atoms with Crippen LogP contribution in [0.1, 0.15) is 47.0 Å². The van der Waals surface area contributed by atoms with E-state index in [2.05, 4.69) is 15.5 Å². The highest BCUT2D eigenvalue weighted by molar-refractivity contribution is 7.99. The predicted octanol–water partition coefficient (Wildman–Crippen LogP) is 4.95. The van der Waals surface area contributed by atoms with Crippen molar-refractivity contribution >= 4 is 40.0 Å². The molecule has 1 aliphatic carbocycles. The van der Waals surface area contributed by atoms with E-state index in [1.807, 2.05) is 11.5 Å². The van der Waals surface area contributed by atoms with Gasteiger partial charge in [0.15, 0.2) is 11.0 Å². The number of nitrogens with one attached hydrogen (secondary N) is 1. The third-order valence-electron chi connectivity index (χ3n) is 5.53. The maximum absolute atomic E-state index is 13.3. The Morgan fingerprint density at radius 1 is 1.18 bits per heavy atom. The Hall–Kier alpha value is -2.72. The number of aromatic nitrogens is 3. The molecular weight excluding hydrogens is 463 g/mol. The molecule has 0 saturated heterocycles. The molecule has 0 spiro atoms. The predicted molar refractivity (Wildman–Crippen MR) is 127 cm³/mol. The quantitative estimate of drug-likeness (QED) is 0.288. The number of hydrogen-bond acceptors (Lipinski definition) is 7. The summed E-state index contributed by atoms with van der Waals surface area (Å²) in [7, 11) is 1.36. The smallest absolute Gasteiger partial charge is 0.341 e. The molecule has 2 heterocycles. The second kappa shape index (κ2) is 10.5. The summed E-state index contributed by atoms with van der Waals surface area (Å²) in [5.74, 6) is -0.215. The molecule has 0 radical (unpaired) electrons. The lowest BCUT2D eigenvalue weighted by Gasteiger charge is -2.09. The number of rotatable bonds is 7. The van der Waals surface area contributed by atoms with Gasteiger partial charge in [-0.1, -0.05) is 18.2 Å². The van der Waals surface area contributed by atoms with Crippen LogP contribution in [-0.4, -0.2) is 39.5 Å². The van der Waals surface area contributed by atoms with Crippen LogP contribution in [0.2, 0.25) is 0 Å². The molecule has 1 N–H and O–H groups in total. The van der Waals surface area contributed by atoms with E-state index < -0.39 is 5.97 Å². The molecule has 0 aliphatic heterocycles. The zero-order valence-corrected chi connectivity index (χ0v) is 20.2. The third-order valence-corrected chi connectivity index (χ3v) is 7.71. The number of carbonyl (C=O) groups is 2. The van der Waals surface area contributed by atoms with Gasteiger partial charge < -0.3 is 14.6 Å². The molecule has 10 heteroatoms. The average Bonchev–Trinajstić information content (AvgIpc) is 3.30. The van der Waals surface area contributed by atoms with Crippen LogP contribution in [0, 0.1) is 5.82 Å². The van der Waals surface area contributed by atoms with Gasteiger partial charge in [-0.3, -0.25) is 4.79 Å². The van der Waals surface area contributed by atoms with Crippen molar-refractivity contribution in [3.05, 3.63) is 46.1 Å². The molecule has 4 rings (SSSR count). The van der Waals surface area contributed by atoms with Crippen molar-refractivity contribution in [1.29, 1.82) is 0 Å². The van der Waals surface area contributed by atoms with E-state index in [0.717, 1.165) is 48.1 Å². The highest BCUT2D eigenvalue weighted by atomic mass is 32.2. The van der Waals surface area contributed by atoms with E-state index in [-0.39, 0.29) is 17.5 Å². The molecule has 0 unspecified atom stereocenters. The molecule has 0 atom stereocenters. The molecule has 0 saturated carbocycles. The molecular formula is C23H25FN4O3S2. The molecule has 174 valence electrons. The van der Waals surface area contributed by atoms with Gasteiger partial charge in [0, 0.05) is 17.0 Å². The van der Waals surface area contributed by atoms with E-state index in [0.29, 0.717) is 28.1 Å². The maximum atomic E-state index is 13.3. The zero-order chi connectivity index (χ0) is 23.4. The number of fused-ring (bicyclic) bond motifs is 1. The second-order valence-corrected chi connectivity index (χ2v) is 9.70. The van der Waals surface area contributed by atoms with Gasteiger partial charge in [0.1, 0.15) is 10.8 Å². The Labute approximate surface area is 199 Å². The lowest BCUT2D eigenvalue weighted by Crippen LogP contribution is -2.16. The molecule has 1 aliphatic rings. The van der Waals surface area contributed by atoms with Crippen molar-refractivity contribution < 1.29 is 18.7 Å². The summed E-state index contributed by atoms with van der Waals surface area (Å²) in [5, 5.41) is 12.5. The van der Waals surface area contributed by atoms with E-state index in [4.69, 9.17) is 4.74 Å². The standard InChI is InChI=1S/C23H25FN4O3S2/c1-3-28-20(14-9-11-15(24)12-10-14)26-27-23(28)32-13-18(29)25-21-19(22(30)31-2)16-7-5-4-6-8-17(16)33-21/h9-12H,3-8,13H2,1-2H3,(H,25,29). The van der Waals surface area contributed by atoms with Crippen molar-refractivity contribution in [2.24, 2.45) is 0 Å². The van der Waals surface area contributed by atoms with Gasteiger partial charge in [0.2, 0.25) is 5.91 Å². The van der Waals surface area contributed by atoms with Crippen molar-refractivity contribution in [3.8, 4) is 11.4 Å². The molecule has 1 amide bonds. The van der Waals surface area contributed by atoms with Gasteiger partial charge in [0.25, 0.3) is 0 Å². The monoisotopic (exact) mass is 488 g/mol. The van der Waals surface area contributed by atoms with Crippen LogP contribution in [0.4, 0.5) is 9.39 Å². The van der Waals surface area contributed by atoms with Gasteiger partial charge in [-0.25, -0.2) is 9.18 Å². The fraction of sp³-hybridized carbons (Fsp3) is 0.391. The van der Waals surface area contributed by atoms with Crippen LogP contribution in [-0.2, 0) is 28.9 Å². The number of ether oxygens (including phenoxy) is 1. The lowest BCUT2D eigenvalue weighted by molar-refractivity contribution is -0.113. The summed E-state index contributed by atoms with van der Waals surface area (Å²) < 4.78 is 20.1. The molecule has 1 aromatic carbocycles. The van der Waals surface area contributed by atoms with Crippen LogP contribution < -0.4 is 5.32 Å². The maximum Gasteiger partial charge on any atom is 0.341 e. The molecule has 0 fully saturated rings. The Kier molecular flexibility index (Phi) is 7.44. The minimum atomic E-state index is -0.410. The summed E-state index contributed by atoms with van der Waals surface area (Å²) in [4.78, 5) is 26.4. The van der Waals surface area contributed by atoms with E-state index in [1.165, 1.54) is 42.3 Å². The molecule has 33 heavy (non-hydrogen) atoms. The minimum absolute atomic E-state index is 0.116. The van der Waals surface area contributed by atoms with Crippen LogP contribution >= 0.6 is 23.1 Å². The average molecular weight is 489 g/mol. The van der Waals surface area contributed by atoms with Gasteiger partial charge in [-0.15, -0.1) is 21.5 Å². The first-order valence-corrected chi connectivity index (χ1v) is 12.7. The number of amides is 1. The topological polar surface area (TPSA) is 86.1 Å². The number of anilines is 1. The lowest BCUT2D eigenvalue weighted by atomic mass is 10.1. The van der Waals surface area contributed by atoms with Crippen LogP contribution in [0.25, 0.3) is 11.4 Å². The highest BCUT2D eigenvalue weighted by Gasteiger charge is 2.26. The fourth-order valence-electron chi connectivity index (χ4n) is 3.93. The normalized spacial score (nSPS) is 13.3. The number of methoxy groups -OCH3 is 1. The summed E-state index contributed by atoms with van der Waals surface area (Å²) in [6, 6.07) is 6.07. The van der Waals surface area contributed by atoms with E-state index in [9.17, 15) is 14.0 Å². The zero-order valence-electron chi connectivity index (χ0n) is 18.5. The van der Waals surface area contributed by atoms with Crippen molar-refractivity contribution in [2.45, 2.75) is 50.7 Å². The Morgan fingerprint density at radius 2 is 1.94 bits per heavy atom. The SMILES string of the molecule is CCn1c(SCC(=O)Nc2sc3c(c2C(=O)OC)CCCCC3)nnc1-c1ccc(F)cc1. The van der Waals surface area contributed by atoms with Crippen molar-refractivity contribution in [2.75, 3.05) is 18.2 Å². The molecule has 0 bridgehead atoms. The van der Waals surface area contributed by atoms with E-state index >= 15 is 0 Å². The van der Waals surface area contributed by atoms with E-state index in [1.54, 1.807) is 12.1 Å². The summed E-state index contributed by atoms with van der Waals surface area (Å²) >= 11 is 2.74. The Morgan fingerprint density at radius 3 is 2.67 bits per heavy atom. The van der Waals surface area contributed by atoms with Gasteiger partial charge >= 0.3 is 5.97 Å². The van der Waals surface area contributed by atoms with Crippen LogP contribution in [0.3, 0.4) is 0 Å². The van der Waals surface area contributed by atoms with Gasteiger partial charge in [0.05, 0.1) is 18.4 Å². The highest BCUT2D eigenvalue weighted by Crippen LogP contribution is 2.38. The number of hydrogen-bond donors (Lipinski definition) is 1. The van der Waals surface area contributed by atoms with Crippen molar-refractivity contribution in [1.82, 2.24) is 14.8 Å². The minimum Gasteiger partial charge on any atom is -0.465 e. The number of benzene rings is 1. The fourth-order valence-corrected chi connectivity index (χ4v) is 6.03. The van der Waals surface area contributed by atoms with Gasteiger partial charge in [-0.2, -0.15) is 0 Å². The Bertz CT molecular complexity index is 1160. The van der Waals surface area contributed by atoms with Crippen LogP contribution in [0.15, 0.2) is 29.4 Å². The van der Waals surface area contributed by atoms with Crippen LogP contribution in [0.5, 0.6) is 0 Å². The number of halogens is 1. The number of nitrogens with zero attached hydrogens (tertiary/aromatic N) is 3. The molecule has 3 aromatic rings. The number of esters is 1. The first-order valence-electron chi connectivity index (χ1n) is 10.9. The first-order chi connectivity index (χ1) is 16.0.